The van der Waals surface area contributed by atoms with Crippen LogP contribution in [0.1, 0.15) is 22.8 Å². The molecule has 3 rings (SSSR count). The minimum Gasteiger partial charge on any atom is -0.478 e. The van der Waals surface area contributed by atoms with Gasteiger partial charge in [0, 0.05) is 11.1 Å². The molecule has 2 aromatic carbocycles. The van der Waals surface area contributed by atoms with Crippen LogP contribution in [0.2, 0.25) is 0 Å². The van der Waals surface area contributed by atoms with E-state index in [-0.39, 0.29) is 33.4 Å². The zero-order valence-corrected chi connectivity index (χ0v) is 10.9. The van der Waals surface area contributed by atoms with Crippen LogP contribution in [-0.4, -0.2) is 11.1 Å². The molecule has 1 aromatic heterocycles. The number of fused-ring (bicyclic) bond motifs is 1. The van der Waals surface area contributed by atoms with Gasteiger partial charge in [-0.1, -0.05) is 36.3 Å². The summed E-state index contributed by atoms with van der Waals surface area (Å²) in [6, 6.07) is 1.29. The summed E-state index contributed by atoms with van der Waals surface area (Å²) in [5.41, 5.74) is -1.26. The molecule has 0 atom stereocenters. The number of hydrogen-bond acceptors (Lipinski definition) is 3. The third kappa shape index (κ3) is 2.10. The fourth-order valence-corrected chi connectivity index (χ4v) is 2.08. The van der Waals surface area contributed by atoms with Gasteiger partial charge in [0.05, 0.1) is 12.2 Å². The van der Waals surface area contributed by atoms with Crippen molar-refractivity contribution < 1.29 is 21.2 Å². The lowest BCUT2D eigenvalue weighted by Gasteiger charge is -2.08. The molecular weight excluding hydrogens is 268 g/mol. The molecular formula is C17H12O4. The minimum atomic E-state index is -1.31. The summed E-state index contributed by atoms with van der Waals surface area (Å²) in [6.45, 7) is 1.40. The number of rotatable bonds is 2. The quantitative estimate of drug-likeness (QED) is 0.783. The van der Waals surface area contributed by atoms with E-state index in [2.05, 4.69) is 0 Å². The first-order valence-corrected chi connectivity index (χ1v) is 6.03. The van der Waals surface area contributed by atoms with Crippen LogP contribution >= 0.6 is 0 Å². The smallest absolute Gasteiger partial charge is 0.339 e. The van der Waals surface area contributed by atoms with E-state index in [1.54, 1.807) is 0 Å². The van der Waals surface area contributed by atoms with E-state index in [0.717, 1.165) is 0 Å². The number of aromatic carboxylic acids is 1. The molecule has 104 valence electrons. The number of carbonyl (C=O) groups is 1. The molecule has 0 spiro atoms. The van der Waals surface area contributed by atoms with Gasteiger partial charge in [-0.25, -0.2) is 4.79 Å². The molecule has 21 heavy (non-hydrogen) atoms. The van der Waals surface area contributed by atoms with Crippen molar-refractivity contribution in [2.45, 2.75) is 6.92 Å². The average molecular weight is 285 g/mol. The van der Waals surface area contributed by atoms with Crippen molar-refractivity contribution in [2.75, 3.05) is 0 Å². The van der Waals surface area contributed by atoms with Crippen molar-refractivity contribution >= 4 is 16.9 Å². The van der Waals surface area contributed by atoms with Crippen molar-refractivity contribution in [1.29, 1.82) is 0 Å². The van der Waals surface area contributed by atoms with E-state index in [9.17, 15) is 14.7 Å². The third-order valence-electron chi connectivity index (χ3n) is 3.10. The molecule has 0 aliphatic rings. The molecule has 0 saturated carbocycles. The highest BCUT2D eigenvalue weighted by molar-refractivity contribution is 6.01. The van der Waals surface area contributed by atoms with E-state index >= 15 is 0 Å². The highest BCUT2D eigenvalue weighted by Crippen LogP contribution is 2.27. The van der Waals surface area contributed by atoms with Gasteiger partial charge >= 0.3 is 5.97 Å². The van der Waals surface area contributed by atoms with E-state index in [1.165, 1.54) is 25.1 Å². The predicted molar refractivity (Wildman–Crippen MR) is 79.6 cm³/mol. The lowest BCUT2D eigenvalue weighted by atomic mass is 10.0. The van der Waals surface area contributed by atoms with Gasteiger partial charge in [-0.05, 0) is 19.1 Å². The lowest BCUT2D eigenvalue weighted by Crippen LogP contribution is -2.09. The van der Waals surface area contributed by atoms with Gasteiger partial charge < -0.3 is 9.52 Å². The first-order chi connectivity index (χ1) is 12.2. The fourth-order valence-electron chi connectivity index (χ4n) is 2.08. The van der Waals surface area contributed by atoms with Gasteiger partial charge in [-0.2, -0.15) is 0 Å². The molecule has 4 nitrogen and oxygen atoms in total. The number of carboxylic acid groups (broad SMARTS) is 1. The summed E-state index contributed by atoms with van der Waals surface area (Å²) in [6.07, 6.45) is 0. The first-order valence-electron chi connectivity index (χ1n) is 8.53. The summed E-state index contributed by atoms with van der Waals surface area (Å²) >= 11 is 0. The molecule has 0 bridgehead atoms. The molecule has 0 fully saturated rings. The Bertz CT molecular complexity index is 1120. The Morgan fingerprint density at radius 3 is 2.62 bits per heavy atom. The second-order valence-corrected chi connectivity index (χ2v) is 4.37. The molecule has 1 heterocycles. The fraction of sp³-hybridized carbons (Fsp3) is 0.0588. The van der Waals surface area contributed by atoms with Crippen molar-refractivity contribution in [2.24, 2.45) is 0 Å². The van der Waals surface area contributed by atoms with Crippen molar-refractivity contribution in [3.05, 3.63) is 69.8 Å². The maximum absolute atomic E-state index is 12.7. The summed E-state index contributed by atoms with van der Waals surface area (Å²) < 4.78 is 44.9. The standard InChI is InChI=1S/C17H12O4/c1-10-14(18)12-8-5-9-13(17(19)20)16(12)21-15(10)11-6-3-2-4-7-11/h2-9H,1H3,(H,19,20)/i2D,3D,4D,6D,7D. The van der Waals surface area contributed by atoms with Crippen LogP contribution in [0.5, 0.6) is 0 Å². The Morgan fingerprint density at radius 1 is 1.24 bits per heavy atom. The Morgan fingerprint density at radius 2 is 1.95 bits per heavy atom. The molecule has 1 N–H and O–H groups in total. The minimum absolute atomic E-state index is 0.0265. The molecule has 4 heteroatoms. The Labute approximate surface area is 127 Å². The summed E-state index contributed by atoms with van der Waals surface area (Å²) in [4.78, 5) is 24.1. The van der Waals surface area contributed by atoms with E-state index in [0.29, 0.717) is 0 Å². The maximum atomic E-state index is 12.7. The van der Waals surface area contributed by atoms with Crippen LogP contribution in [0, 0.1) is 6.92 Å². The molecule has 0 aliphatic heterocycles. The Hall–Kier alpha value is -2.88. The van der Waals surface area contributed by atoms with Gasteiger partial charge in [0.25, 0.3) is 0 Å². The van der Waals surface area contributed by atoms with Gasteiger partial charge in [-0.15, -0.1) is 0 Å². The number of hydrogen-bond donors (Lipinski definition) is 1. The third-order valence-corrected chi connectivity index (χ3v) is 3.10. The van der Waals surface area contributed by atoms with Crippen LogP contribution in [-0.2, 0) is 0 Å². The van der Waals surface area contributed by atoms with Crippen LogP contribution in [0.15, 0.2) is 57.6 Å². The zero-order chi connectivity index (χ0) is 19.3. The summed E-state index contributed by atoms with van der Waals surface area (Å²) in [7, 11) is 0. The van der Waals surface area contributed by atoms with Crippen LogP contribution < -0.4 is 5.43 Å². The van der Waals surface area contributed by atoms with E-state index < -0.39 is 41.6 Å². The van der Waals surface area contributed by atoms with E-state index in [4.69, 9.17) is 11.3 Å². The van der Waals surface area contributed by atoms with Crippen molar-refractivity contribution in [1.82, 2.24) is 0 Å². The topological polar surface area (TPSA) is 67.5 Å². The largest absolute Gasteiger partial charge is 0.478 e. The Balaban J connectivity index is 2.53. The van der Waals surface area contributed by atoms with Gasteiger partial charge in [0.2, 0.25) is 0 Å². The molecule has 3 aromatic rings. The highest BCUT2D eigenvalue weighted by atomic mass is 16.4. The highest BCUT2D eigenvalue weighted by Gasteiger charge is 2.17. The number of benzene rings is 2. The second kappa shape index (κ2) is 4.90. The molecule has 0 saturated heterocycles. The van der Waals surface area contributed by atoms with E-state index in [1.807, 2.05) is 0 Å². The van der Waals surface area contributed by atoms with Gasteiger partial charge in [-0.3, -0.25) is 4.79 Å². The predicted octanol–water partition coefficient (Wildman–Crippen LogP) is 3.47. The maximum Gasteiger partial charge on any atom is 0.339 e. The SMILES string of the molecule is [2H]c1c([2H])c([2H])c(-c2oc3c(C(=O)O)cccc3c(=O)c2C)c([2H])c1[2H]. The Kier molecular flexibility index (Phi) is 1.97. The monoisotopic (exact) mass is 285 g/mol. The summed E-state index contributed by atoms with van der Waals surface area (Å²) in [5, 5.41) is 9.36. The van der Waals surface area contributed by atoms with Crippen molar-refractivity contribution in [3.8, 4) is 11.3 Å². The molecule has 0 radical (unpaired) electrons. The van der Waals surface area contributed by atoms with Crippen LogP contribution in [0.25, 0.3) is 22.3 Å². The van der Waals surface area contributed by atoms with Crippen molar-refractivity contribution in [3.63, 3.8) is 0 Å². The molecule has 0 amide bonds. The van der Waals surface area contributed by atoms with Crippen LogP contribution in [0.4, 0.5) is 0 Å². The number of para-hydroxylation sites is 1. The number of carboxylic acids is 1. The van der Waals surface area contributed by atoms with Gasteiger partial charge in [0.1, 0.15) is 11.3 Å². The molecule has 0 aliphatic carbocycles. The lowest BCUT2D eigenvalue weighted by molar-refractivity contribution is 0.0698. The van der Waals surface area contributed by atoms with Gasteiger partial charge in [0.15, 0.2) is 11.0 Å². The summed E-state index contributed by atoms with van der Waals surface area (Å²) in [5.74, 6) is -1.55. The average Bonchev–Trinajstić information content (AvgIpc) is 2.61. The first kappa shape index (κ1) is 8.42. The normalized spacial score (nSPS) is 14.0. The second-order valence-electron chi connectivity index (χ2n) is 4.37. The van der Waals surface area contributed by atoms with Crippen LogP contribution in [0.3, 0.4) is 0 Å². The zero-order valence-electron chi connectivity index (χ0n) is 15.9. The molecule has 0 unspecified atom stereocenters.